The maximum Gasteiger partial charge on any atom is 0.251 e. The molecule has 0 spiro atoms. The molecular formula is C15H18N2O4. The number of likely N-dealkylation sites (tertiary alicyclic amines) is 1. The van der Waals surface area contributed by atoms with Crippen molar-refractivity contribution < 1.29 is 19.1 Å². The number of benzene rings is 1. The highest BCUT2D eigenvalue weighted by molar-refractivity contribution is 6.01. The van der Waals surface area contributed by atoms with E-state index < -0.39 is 0 Å². The number of imide groups is 1. The van der Waals surface area contributed by atoms with Crippen molar-refractivity contribution in [3.63, 3.8) is 0 Å². The van der Waals surface area contributed by atoms with E-state index in [0.717, 1.165) is 5.56 Å². The topological polar surface area (TPSA) is 75.7 Å². The van der Waals surface area contributed by atoms with Crippen LogP contribution in [0.2, 0.25) is 0 Å². The summed E-state index contributed by atoms with van der Waals surface area (Å²) in [5, 5.41) is 2.72. The van der Waals surface area contributed by atoms with Crippen molar-refractivity contribution in [3.8, 4) is 0 Å². The summed E-state index contributed by atoms with van der Waals surface area (Å²) in [4.78, 5) is 36.1. The highest BCUT2D eigenvalue weighted by atomic mass is 16.5. The van der Waals surface area contributed by atoms with Crippen LogP contribution in [0, 0.1) is 0 Å². The van der Waals surface area contributed by atoms with Gasteiger partial charge in [-0.3, -0.25) is 19.3 Å². The summed E-state index contributed by atoms with van der Waals surface area (Å²) in [6.45, 7) is 1.18. The first kappa shape index (κ1) is 15.2. The molecule has 0 aliphatic carbocycles. The Morgan fingerprint density at radius 1 is 1.19 bits per heavy atom. The standard InChI is InChI=1S/C15H18N2O4/c1-21-9-8-16-15(20)12-4-2-11(3-5-12)10-17-13(18)6-7-14(17)19/h2-5H,6-10H2,1H3,(H,16,20). The van der Waals surface area contributed by atoms with Crippen LogP contribution in [0.5, 0.6) is 0 Å². The molecule has 6 heteroatoms. The number of methoxy groups -OCH3 is 1. The van der Waals surface area contributed by atoms with E-state index in [9.17, 15) is 14.4 Å². The summed E-state index contributed by atoms with van der Waals surface area (Å²) in [7, 11) is 1.57. The van der Waals surface area contributed by atoms with E-state index in [1.54, 1.807) is 31.4 Å². The van der Waals surface area contributed by atoms with Crippen molar-refractivity contribution in [1.82, 2.24) is 10.2 Å². The van der Waals surface area contributed by atoms with E-state index in [4.69, 9.17) is 4.74 Å². The lowest BCUT2D eigenvalue weighted by Crippen LogP contribution is -2.28. The van der Waals surface area contributed by atoms with Crippen LogP contribution < -0.4 is 5.32 Å². The lowest BCUT2D eigenvalue weighted by atomic mass is 10.1. The number of carbonyl (C=O) groups is 3. The second-order valence-corrected chi connectivity index (χ2v) is 4.82. The summed E-state index contributed by atoms with van der Waals surface area (Å²) in [5.41, 5.74) is 1.36. The quantitative estimate of drug-likeness (QED) is 0.618. The van der Waals surface area contributed by atoms with Gasteiger partial charge in [-0.1, -0.05) is 12.1 Å². The molecule has 0 saturated carbocycles. The monoisotopic (exact) mass is 290 g/mol. The van der Waals surface area contributed by atoms with Gasteiger partial charge in [-0.25, -0.2) is 0 Å². The Hall–Kier alpha value is -2.21. The smallest absolute Gasteiger partial charge is 0.251 e. The second-order valence-electron chi connectivity index (χ2n) is 4.82. The zero-order valence-corrected chi connectivity index (χ0v) is 11.9. The Labute approximate surface area is 123 Å². The van der Waals surface area contributed by atoms with Gasteiger partial charge >= 0.3 is 0 Å². The number of ether oxygens (including phenoxy) is 1. The average molecular weight is 290 g/mol. The van der Waals surface area contributed by atoms with Crippen LogP contribution in [-0.4, -0.2) is 42.9 Å². The average Bonchev–Trinajstić information content (AvgIpc) is 2.80. The highest BCUT2D eigenvalue weighted by Crippen LogP contribution is 2.16. The van der Waals surface area contributed by atoms with Gasteiger partial charge in [0.2, 0.25) is 11.8 Å². The third kappa shape index (κ3) is 3.88. The number of hydrogen-bond donors (Lipinski definition) is 1. The molecule has 1 aromatic carbocycles. The third-order valence-corrected chi connectivity index (χ3v) is 3.30. The zero-order valence-electron chi connectivity index (χ0n) is 11.9. The SMILES string of the molecule is COCCNC(=O)c1ccc(CN2C(=O)CCC2=O)cc1. The molecular weight excluding hydrogens is 272 g/mol. The Morgan fingerprint density at radius 2 is 1.81 bits per heavy atom. The van der Waals surface area contributed by atoms with Crippen LogP contribution >= 0.6 is 0 Å². The molecule has 112 valence electrons. The van der Waals surface area contributed by atoms with Crippen LogP contribution in [0.25, 0.3) is 0 Å². The van der Waals surface area contributed by atoms with Gasteiger partial charge in [0, 0.05) is 32.1 Å². The molecule has 1 fully saturated rings. The van der Waals surface area contributed by atoms with Crippen LogP contribution in [0.15, 0.2) is 24.3 Å². The maximum absolute atomic E-state index is 11.8. The number of nitrogens with one attached hydrogen (secondary N) is 1. The molecule has 2 rings (SSSR count). The van der Waals surface area contributed by atoms with Crippen molar-refractivity contribution in [3.05, 3.63) is 35.4 Å². The Kier molecular flexibility index (Phi) is 5.05. The number of rotatable bonds is 6. The minimum Gasteiger partial charge on any atom is -0.383 e. The number of amides is 3. The highest BCUT2D eigenvalue weighted by Gasteiger charge is 2.28. The Bertz CT molecular complexity index is 523. The zero-order chi connectivity index (χ0) is 15.2. The van der Waals surface area contributed by atoms with Gasteiger partial charge in [0.15, 0.2) is 0 Å². The summed E-state index contributed by atoms with van der Waals surface area (Å²) < 4.78 is 4.86. The van der Waals surface area contributed by atoms with Crippen molar-refractivity contribution in [2.45, 2.75) is 19.4 Å². The molecule has 1 aliphatic heterocycles. The Morgan fingerprint density at radius 3 is 2.38 bits per heavy atom. The van der Waals surface area contributed by atoms with Crippen LogP contribution in [0.1, 0.15) is 28.8 Å². The lowest BCUT2D eigenvalue weighted by molar-refractivity contribution is -0.139. The molecule has 0 radical (unpaired) electrons. The number of carbonyl (C=O) groups excluding carboxylic acids is 3. The molecule has 1 aliphatic rings. The molecule has 0 aromatic heterocycles. The number of nitrogens with zero attached hydrogens (tertiary/aromatic N) is 1. The summed E-state index contributed by atoms with van der Waals surface area (Å²) >= 11 is 0. The molecule has 1 saturated heterocycles. The van der Waals surface area contributed by atoms with Gasteiger partial charge in [-0.2, -0.15) is 0 Å². The molecule has 0 bridgehead atoms. The van der Waals surface area contributed by atoms with Crippen LogP contribution in [0.4, 0.5) is 0 Å². The van der Waals surface area contributed by atoms with E-state index in [2.05, 4.69) is 5.32 Å². The Balaban J connectivity index is 1.94. The molecule has 0 atom stereocenters. The van der Waals surface area contributed by atoms with Crippen molar-refractivity contribution in [1.29, 1.82) is 0 Å². The van der Waals surface area contributed by atoms with Crippen LogP contribution in [0.3, 0.4) is 0 Å². The second kappa shape index (κ2) is 6.99. The van der Waals surface area contributed by atoms with Crippen LogP contribution in [-0.2, 0) is 20.9 Å². The first-order valence-corrected chi connectivity index (χ1v) is 6.81. The largest absolute Gasteiger partial charge is 0.383 e. The summed E-state index contributed by atoms with van der Waals surface area (Å²) in [5.74, 6) is -0.449. The van der Waals surface area contributed by atoms with E-state index in [0.29, 0.717) is 31.6 Å². The third-order valence-electron chi connectivity index (χ3n) is 3.30. The minimum atomic E-state index is -0.174. The van der Waals surface area contributed by atoms with Crippen molar-refractivity contribution in [2.75, 3.05) is 20.3 Å². The van der Waals surface area contributed by atoms with Gasteiger partial charge in [0.1, 0.15) is 0 Å². The van der Waals surface area contributed by atoms with Crippen molar-refractivity contribution in [2.24, 2.45) is 0 Å². The normalized spacial score (nSPS) is 14.6. The fraction of sp³-hybridized carbons (Fsp3) is 0.400. The lowest BCUT2D eigenvalue weighted by Gasteiger charge is -2.13. The molecule has 1 heterocycles. The fourth-order valence-corrected chi connectivity index (χ4v) is 2.11. The minimum absolute atomic E-state index is 0.138. The maximum atomic E-state index is 11.8. The molecule has 21 heavy (non-hydrogen) atoms. The van der Waals surface area contributed by atoms with E-state index >= 15 is 0 Å². The van der Waals surface area contributed by atoms with Gasteiger partial charge in [0.05, 0.1) is 13.2 Å². The predicted octanol–water partition coefficient (Wildman–Crippen LogP) is 0.712. The molecule has 1 N–H and O–H groups in total. The molecule has 3 amide bonds. The summed E-state index contributed by atoms with van der Waals surface area (Å²) in [6, 6.07) is 6.87. The number of hydrogen-bond acceptors (Lipinski definition) is 4. The molecule has 0 unspecified atom stereocenters. The van der Waals surface area contributed by atoms with Gasteiger partial charge in [-0.15, -0.1) is 0 Å². The van der Waals surface area contributed by atoms with Gasteiger partial charge in [-0.05, 0) is 17.7 Å². The fourth-order valence-electron chi connectivity index (χ4n) is 2.11. The van der Waals surface area contributed by atoms with E-state index in [1.165, 1.54) is 4.90 Å². The molecule has 1 aromatic rings. The first-order chi connectivity index (χ1) is 10.1. The van der Waals surface area contributed by atoms with Gasteiger partial charge in [0.25, 0.3) is 5.91 Å². The molecule has 6 nitrogen and oxygen atoms in total. The van der Waals surface area contributed by atoms with E-state index in [-0.39, 0.29) is 24.3 Å². The van der Waals surface area contributed by atoms with Gasteiger partial charge < -0.3 is 10.1 Å². The summed E-state index contributed by atoms with van der Waals surface area (Å²) in [6.07, 6.45) is 0.581. The van der Waals surface area contributed by atoms with Crippen molar-refractivity contribution >= 4 is 17.7 Å². The first-order valence-electron chi connectivity index (χ1n) is 6.81. The predicted molar refractivity (Wildman–Crippen MR) is 75.4 cm³/mol. The van der Waals surface area contributed by atoms with E-state index in [1.807, 2.05) is 0 Å².